The first-order valence-corrected chi connectivity index (χ1v) is 16.1. The molecule has 4 aliphatic carbocycles. The molecule has 0 aliphatic heterocycles. The Hall–Kier alpha value is -2.44. The molecule has 0 radical (unpaired) electrons. The second kappa shape index (κ2) is 12.2. The minimum Gasteiger partial charge on any atom is -0.481 e. The Morgan fingerprint density at radius 3 is 1.57 bits per heavy atom. The van der Waals surface area contributed by atoms with Gasteiger partial charge >= 0.3 is 11.9 Å². The van der Waals surface area contributed by atoms with Crippen LogP contribution in [0.4, 0.5) is 0 Å². The quantitative estimate of drug-likeness (QED) is 0.324. The summed E-state index contributed by atoms with van der Waals surface area (Å²) in [6.07, 6.45) is 4.40. The first-order chi connectivity index (χ1) is 18.1. The van der Waals surface area contributed by atoms with E-state index in [0.717, 1.165) is 18.8 Å². The molecule has 0 amide bonds. The fraction of sp³-hybridized carbons (Fsp3) is 0.588. The van der Waals surface area contributed by atoms with E-state index in [1.165, 1.54) is 30.3 Å². The molecule has 4 atom stereocenters. The molecule has 6 rings (SSSR count). The zero-order valence-electron chi connectivity index (χ0n) is 23.3. The first kappa shape index (κ1) is 32.1. The van der Waals surface area contributed by atoms with Crippen molar-refractivity contribution in [2.24, 2.45) is 41.4 Å². The van der Waals surface area contributed by atoms with Crippen molar-refractivity contribution >= 4 is 30.6 Å². The Kier molecular flexibility index (Phi) is 9.78. The molecular formula is C34H50O5Si. The highest BCUT2D eigenvalue weighted by Crippen LogP contribution is 2.60. The molecule has 1 N–H and O–H groups in total. The van der Waals surface area contributed by atoms with Gasteiger partial charge in [-0.1, -0.05) is 103 Å². The zero-order chi connectivity index (χ0) is 27.2. The average molecular weight is 567 g/mol. The summed E-state index contributed by atoms with van der Waals surface area (Å²) in [7, 11) is -1.03. The zero-order valence-corrected chi connectivity index (χ0v) is 24.3. The number of carboxylic acids is 1. The number of fused-ring (bicyclic) bond motifs is 2. The van der Waals surface area contributed by atoms with E-state index in [2.05, 4.69) is 88.4 Å². The van der Waals surface area contributed by atoms with Crippen LogP contribution in [-0.2, 0) is 18.8 Å². The third kappa shape index (κ3) is 5.80. The summed E-state index contributed by atoms with van der Waals surface area (Å²) in [5.74, 6) is 2.35. The van der Waals surface area contributed by atoms with Crippen LogP contribution in [-0.4, -0.2) is 38.6 Å². The maximum Gasteiger partial charge on any atom is 0.309 e. The Morgan fingerprint density at radius 1 is 0.775 bits per heavy atom. The second-order valence-corrected chi connectivity index (χ2v) is 17.3. The van der Waals surface area contributed by atoms with Gasteiger partial charge in [0.15, 0.2) is 0 Å². The summed E-state index contributed by atoms with van der Waals surface area (Å²) in [6, 6.07) is 21.3. The predicted octanol–water partition coefficient (Wildman–Crippen LogP) is 6.40. The summed E-state index contributed by atoms with van der Waals surface area (Å²) in [5.41, 5.74) is 0. The van der Waals surface area contributed by atoms with Crippen LogP contribution in [0.15, 0.2) is 60.7 Å². The molecule has 6 heteroatoms. The van der Waals surface area contributed by atoms with E-state index in [9.17, 15) is 14.7 Å². The summed E-state index contributed by atoms with van der Waals surface area (Å²) in [6.45, 7) is 9.12. The Morgan fingerprint density at radius 2 is 1.20 bits per heavy atom. The monoisotopic (exact) mass is 566 g/mol. The van der Waals surface area contributed by atoms with Crippen molar-refractivity contribution in [3.63, 3.8) is 0 Å². The van der Waals surface area contributed by atoms with Crippen molar-refractivity contribution in [1.82, 2.24) is 0 Å². The van der Waals surface area contributed by atoms with Gasteiger partial charge in [0.25, 0.3) is 8.32 Å². The molecule has 0 aromatic heterocycles. The summed E-state index contributed by atoms with van der Waals surface area (Å²) in [5, 5.41) is 11.9. The summed E-state index contributed by atoms with van der Waals surface area (Å²) >= 11 is 0. The van der Waals surface area contributed by atoms with Crippen LogP contribution >= 0.6 is 0 Å². The molecule has 4 aliphatic rings. The number of carbonyl (C=O) groups excluding carboxylic acids is 1. The number of hydrogen-bond acceptors (Lipinski definition) is 4. The van der Waals surface area contributed by atoms with Crippen LogP contribution in [0.5, 0.6) is 0 Å². The Labute approximate surface area is 242 Å². The van der Waals surface area contributed by atoms with Crippen LogP contribution in [0.3, 0.4) is 0 Å². The highest BCUT2D eigenvalue weighted by atomic mass is 28.4. The highest BCUT2D eigenvalue weighted by Gasteiger charge is 2.62. The molecule has 4 unspecified atom stereocenters. The first-order valence-electron chi connectivity index (χ1n) is 14.2. The van der Waals surface area contributed by atoms with Crippen molar-refractivity contribution in [2.75, 3.05) is 7.11 Å². The molecule has 4 saturated carbocycles. The van der Waals surface area contributed by atoms with Crippen LogP contribution in [0.25, 0.3) is 0 Å². The van der Waals surface area contributed by atoms with Crippen molar-refractivity contribution in [3.05, 3.63) is 60.7 Å². The summed E-state index contributed by atoms with van der Waals surface area (Å²) < 4.78 is 11.8. The van der Waals surface area contributed by atoms with Crippen molar-refractivity contribution < 1.29 is 23.9 Å². The van der Waals surface area contributed by atoms with Gasteiger partial charge in [0.05, 0.1) is 18.9 Å². The topological polar surface area (TPSA) is 72.8 Å². The molecule has 0 saturated heterocycles. The van der Waals surface area contributed by atoms with E-state index in [-0.39, 0.29) is 43.8 Å². The Balaban J connectivity index is 0.000000286. The highest BCUT2D eigenvalue weighted by molar-refractivity contribution is 6.99. The number of carboxylic acid groups (broad SMARTS) is 1. The molecular weight excluding hydrogens is 516 g/mol. The van der Waals surface area contributed by atoms with Crippen LogP contribution in [0.1, 0.15) is 68.2 Å². The van der Waals surface area contributed by atoms with Gasteiger partial charge in [-0.05, 0) is 70.7 Å². The van der Waals surface area contributed by atoms with Gasteiger partial charge in [0, 0.05) is 6.10 Å². The van der Waals surface area contributed by atoms with Gasteiger partial charge in [0.2, 0.25) is 0 Å². The number of benzene rings is 2. The smallest absolute Gasteiger partial charge is 0.309 e. The van der Waals surface area contributed by atoms with E-state index in [1.807, 2.05) is 0 Å². The van der Waals surface area contributed by atoms with E-state index in [1.54, 1.807) is 0 Å². The molecule has 4 fully saturated rings. The third-order valence-electron chi connectivity index (χ3n) is 9.60. The van der Waals surface area contributed by atoms with Gasteiger partial charge in [0.1, 0.15) is 0 Å². The van der Waals surface area contributed by atoms with Crippen LogP contribution in [0.2, 0.25) is 5.04 Å². The normalized spacial score (nSPS) is 31.2. The molecule has 0 heterocycles. The minimum atomic E-state index is -2.52. The number of methoxy groups -OCH3 is 1. The maximum absolute atomic E-state index is 11.3. The summed E-state index contributed by atoms with van der Waals surface area (Å²) in [4.78, 5) is 22.4. The fourth-order valence-electron chi connectivity index (χ4n) is 7.79. The lowest BCUT2D eigenvalue weighted by atomic mass is 10.0. The molecule has 0 spiro atoms. The average Bonchev–Trinajstić information content (AvgIpc) is 3.64. The minimum absolute atomic E-state index is 0. The standard InChI is InChI=1S/C23H28O3Si.C9H14O2.2CH4/c1-23(2,3)27(17-10-6-4-7-11-17,18-12-8-5-9-13-18)26-16-14-19-20(15-16)21(19)22(24)25;1-5-3-6-7(4-5)8(6)9(10)11-2;;/h4-13,16,19-21H,14-15H2,1-3H3,(H,24,25);5-8H,3-4H2,1-2H3;2*1H4. The number of aliphatic carboxylic acids is 1. The van der Waals surface area contributed by atoms with Gasteiger partial charge in [-0.3, -0.25) is 9.59 Å². The van der Waals surface area contributed by atoms with E-state index in [0.29, 0.717) is 23.7 Å². The van der Waals surface area contributed by atoms with E-state index < -0.39 is 14.3 Å². The van der Waals surface area contributed by atoms with Crippen molar-refractivity contribution in [3.8, 4) is 0 Å². The van der Waals surface area contributed by atoms with Gasteiger partial charge < -0.3 is 14.3 Å². The fourth-order valence-corrected chi connectivity index (χ4v) is 12.5. The maximum atomic E-state index is 11.3. The van der Waals surface area contributed by atoms with Gasteiger partial charge in [-0.15, -0.1) is 0 Å². The van der Waals surface area contributed by atoms with Crippen molar-refractivity contribution in [1.29, 1.82) is 0 Å². The molecule has 0 bridgehead atoms. The molecule has 2 aromatic rings. The van der Waals surface area contributed by atoms with Crippen LogP contribution in [0, 0.1) is 41.4 Å². The van der Waals surface area contributed by atoms with E-state index in [4.69, 9.17) is 9.16 Å². The molecule has 5 nitrogen and oxygen atoms in total. The van der Waals surface area contributed by atoms with Gasteiger partial charge in [-0.2, -0.15) is 0 Å². The molecule has 220 valence electrons. The van der Waals surface area contributed by atoms with E-state index >= 15 is 0 Å². The molecule has 40 heavy (non-hydrogen) atoms. The number of hydrogen-bond donors (Lipinski definition) is 1. The number of carbonyl (C=O) groups is 2. The number of esters is 1. The lowest BCUT2D eigenvalue weighted by Gasteiger charge is -2.45. The number of rotatable bonds is 6. The SMILES string of the molecule is C.C.CC(C)(C)[Si](OC1CC2C(C1)C2C(=O)O)(c1ccccc1)c1ccccc1.COC(=O)C1C2CC(C)CC21. The van der Waals surface area contributed by atoms with Crippen molar-refractivity contribution in [2.45, 2.75) is 79.4 Å². The van der Waals surface area contributed by atoms with Gasteiger partial charge in [-0.25, -0.2) is 0 Å². The second-order valence-electron chi connectivity index (χ2n) is 13.0. The number of ether oxygens (including phenoxy) is 1. The largest absolute Gasteiger partial charge is 0.481 e. The predicted molar refractivity (Wildman–Crippen MR) is 164 cm³/mol. The lowest BCUT2D eigenvalue weighted by molar-refractivity contribution is -0.143. The Bertz CT molecular complexity index is 1080. The molecule has 2 aromatic carbocycles. The lowest BCUT2D eigenvalue weighted by Crippen LogP contribution is -2.67. The van der Waals surface area contributed by atoms with Crippen LogP contribution < -0.4 is 10.4 Å². The third-order valence-corrected chi connectivity index (χ3v) is 14.7.